The Kier molecular flexibility index (Phi) is 9.89. The molecule has 32 heavy (non-hydrogen) atoms. The fourth-order valence-corrected chi connectivity index (χ4v) is 4.79. The first-order chi connectivity index (χ1) is 15.5. The van der Waals surface area contributed by atoms with Crippen molar-refractivity contribution in [2.24, 2.45) is 0 Å². The summed E-state index contributed by atoms with van der Waals surface area (Å²) in [4.78, 5) is 27.0. The molecule has 1 saturated heterocycles. The maximum Gasteiger partial charge on any atom is 0.286 e. The van der Waals surface area contributed by atoms with Crippen LogP contribution in [0.3, 0.4) is 0 Å². The van der Waals surface area contributed by atoms with E-state index in [9.17, 15) is 9.59 Å². The molecule has 1 aliphatic rings. The molecule has 2 N–H and O–H groups in total. The molecule has 0 bridgehead atoms. The summed E-state index contributed by atoms with van der Waals surface area (Å²) < 4.78 is 0. The van der Waals surface area contributed by atoms with Crippen molar-refractivity contribution in [2.75, 3.05) is 25.0 Å². The molecular weight excluding hydrogens is 446 g/mol. The Morgan fingerprint density at radius 3 is 2.72 bits per heavy atom. The van der Waals surface area contributed by atoms with E-state index in [0.717, 1.165) is 11.4 Å². The Hall–Kier alpha value is -2.03. The third-order valence-electron chi connectivity index (χ3n) is 5.69. The second-order valence-corrected chi connectivity index (χ2v) is 9.76. The third-order valence-corrected chi connectivity index (χ3v) is 6.90. The minimum absolute atomic E-state index is 0.0662. The normalized spacial score (nSPS) is 15.7. The summed E-state index contributed by atoms with van der Waals surface area (Å²) in [5.74, 6) is -0.246. The molecule has 1 unspecified atom stereocenters. The van der Waals surface area contributed by atoms with Gasteiger partial charge in [0.15, 0.2) is 0 Å². The summed E-state index contributed by atoms with van der Waals surface area (Å²) in [6.45, 7) is 5.32. The van der Waals surface area contributed by atoms with Gasteiger partial charge >= 0.3 is 0 Å². The fourth-order valence-electron chi connectivity index (χ4n) is 3.82. The highest BCUT2D eigenvalue weighted by atomic mass is 35.5. The minimum atomic E-state index is -0.313. The van der Waals surface area contributed by atoms with Crippen molar-refractivity contribution in [3.05, 3.63) is 39.3 Å². The number of likely N-dealkylation sites (tertiary alicyclic amines) is 1. The van der Waals surface area contributed by atoms with Gasteiger partial charge in [-0.1, -0.05) is 41.8 Å². The van der Waals surface area contributed by atoms with Crippen molar-refractivity contribution in [3.63, 3.8) is 0 Å². The molecular formula is C23H32ClN5O2S. The maximum absolute atomic E-state index is 12.3. The van der Waals surface area contributed by atoms with Crippen LogP contribution in [0.5, 0.6) is 0 Å². The summed E-state index contributed by atoms with van der Waals surface area (Å²) in [6, 6.07) is 7.45. The number of nitrogens with zero attached hydrogens (tertiary/aromatic N) is 3. The van der Waals surface area contributed by atoms with Gasteiger partial charge in [0.1, 0.15) is 5.01 Å². The van der Waals surface area contributed by atoms with Gasteiger partial charge in [0, 0.05) is 36.1 Å². The summed E-state index contributed by atoms with van der Waals surface area (Å²) in [7, 11) is 0. The molecule has 2 amide bonds. The average molecular weight is 478 g/mol. The monoisotopic (exact) mass is 477 g/mol. The van der Waals surface area contributed by atoms with E-state index >= 15 is 0 Å². The Morgan fingerprint density at radius 2 is 1.97 bits per heavy atom. The van der Waals surface area contributed by atoms with Crippen LogP contribution in [0.4, 0.5) is 5.69 Å². The molecule has 1 atom stereocenters. The molecule has 0 saturated carbocycles. The molecule has 2 heterocycles. The zero-order chi connectivity index (χ0) is 22.8. The Labute approximate surface area is 198 Å². The number of nitrogens with one attached hydrogen (secondary N) is 2. The molecule has 0 radical (unpaired) electrons. The lowest BCUT2D eigenvalue weighted by Crippen LogP contribution is -2.37. The van der Waals surface area contributed by atoms with Gasteiger partial charge < -0.3 is 15.5 Å². The van der Waals surface area contributed by atoms with Crippen LogP contribution in [0.25, 0.3) is 0 Å². The van der Waals surface area contributed by atoms with Gasteiger partial charge in [-0.3, -0.25) is 9.59 Å². The number of carbonyl (C=O) groups is 2. The molecule has 9 heteroatoms. The van der Waals surface area contributed by atoms with Crippen molar-refractivity contribution >= 4 is 40.4 Å². The highest BCUT2D eigenvalue weighted by molar-refractivity contribution is 7.13. The van der Waals surface area contributed by atoms with Gasteiger partial charge in [-0.15, -0.1) is 10.2 Å². The number of halogens is 1. The fraction of sp³-hybridized carbons (Fsp3) is 0.565. The molecule has 1 fully saturated rings. The SMILES string of the molecule is CC(CCNC(=O)CCCc1nnc(C(=O)Nc2cccc(Cl)c2)s1)N1CCCCCC1. The van der Waals surface area contributed by atoms with E-state index in [4.69, 9.17) is 11.6 Å². The highest BCUT2D eigenvalue weighted by Crippen LogP contribution is 2.18. The van der Waals surface area contributed by atoms with Crippen LogP contribution in [0.1, 0.15) is 66.7 Å². The first-order valence-electron chi connectivity index (χ1n) is 11.4. The van der Waals surface area contributed by atoms with E-state index in [1.165, 1.54) is 50.1 Å². The van der Waals surface area contributed by atoms with Crippen LogP contribution in [0.2, 0.25) is 5.02 Å². The predicted octanol–water partition coefficient (Wildman–Crippen LogP) is 4.54. The second kappa shape index (κ2) is 12.9. The number of aromatic nitrogens is 2. The zero-order valence-corrected chi connectivity index (χ0v) is 20.2. The smallest absolute Gasteiger partial charge is 0.286 e. The van der Waals surface area contributed by atoms with E-state index < -0.39 is 0 Å². The predicted molar refractivity (Wildman–Crippen MR) is 129 cm³/mol. The molecule has 0 spiro atoms. The van der Waals surface area contributed by atoms with E-state index in [0.29, 0.717) is 47.6 Å². The van der Waals surface area contributed by atoms with Crippen molar-refractivity contribution in [2.45, 2.75) is 64.3 Å². The lowest BCUT2D eigenvalue weighted by molar-refractivity contribution is -0.121. The first-order valence-corrected chi connectivity index (χ1v) is 12.6. The van der Waals surface area contributed by atoms with Gasteiger partial charge in [0.05, 0.1) is 0 Å². The largest absolute Gasteiger partial charge is 0.356 e. The molecule has 7 nitrogen and oxygen atoms in total. The van der Waals surface area contributed by atoms with E-state index in [1.54, 1.807) is 24.3 Å². The van der Waals surface area contributed by atoms with Crippen LogP contribution in [0.15, 0.2) is 24.3 Å². The number of rotatable bonds is 10. The summed E-state index contributed by atoms with van der Waals surface area (Å²) in [5, 5.41) is 15.5. The number of amides is 2. The number of benzene rings is 1. The van der Waals surface area contributed by atoms with Crippen molar-refractivity contribution in [1.82, 2.24) is 20.4 Å². The van der Waals surface area contributed by atoms with Crippen LogP contribution < -0.4 is 10.6 Å². The molecule has 174 valence electrons. The number of anilines is 1. The van der Waals surface area contributed by atoms with Crippen molar-refractivity contribution in [3.8, 4) is 0 Å². The number of hydrogen-bond acceptors (Lipinski definition) is 6. The van der Waals surface area contributed by atoms with Crippen LogP contribution in [-0.2, 0) is 11.2 Å². The van der Waals surface area contributed by atoms with E-state index in [-0.39, 0.29) is 11.8 Å². The Bertz CT molecular complexity index is 883. The van der Waals surface area contributed by atoms with Gasteiger partial charge in [-0.2, -0.15) is 0 Å². The van der Waals surface area contributed by atoms with Gasteiger partial charge in [0.2, 0.25) is 10.9 Å². The van der Waals surface area contributed by atoms with Gasteiger partial charge in [-0.05, 0) is 63.9 Å². The Balaban J connectivity index is 1.32. The summed E-state index contributed by atoms with van der Waals surface area (Å²) >= 11 is 7.19. The molecule has 3 rings (SSSR count). The van der Waals surface area contributed by atoms with Crippen LogP contribution in [0, 0.1) is 0 Å². The van der Waals surface area contributed by atoms with Crippen LogP contribution in [-0.4, -0.2) is 52.6 Å². The topological polar surface area (TPSA) is 87.2 Å². The first kappa shape index (κ1) is 24.6. The lowest BCUT2D eigenvalue weighted by Gasteiger charge is -2.27. The molecule has 1 aliphatic heterocycles. The zero-order valence-electron chi connectivity index (χ0n) is 18.6. The quantitative estimate of drug-likeness (QED) is 0.524. The average Bonchev–Trinajstić information content (AvgIpc) is 3.07. The summed E-state index contributed by atoms with van der Waals surface area (Å²) in [6.07, 6.45) is 7.97. The minimum Gasteiger partial charge on any atom is -0.356 e. The van der Waals surface area contributed by atoms with Crippen LogP contribution >= 0.6 is 22.9 Å². The van der Waals surface area contributed by atoms with E-state index in [2.05, 4.69) is 32.7 Å². The molecule has 0 aliphatic carbocycles. The maximum atomic E-state index is 12.3. The number of aryl methyl sites for hydroxylation is 1. The van der Waals surface area contributed by atoms with E-state index in [1.807, 2.05) is 0 Å². The van der Waals surface area contributed by atoms with Gasteiger partial charge in [0.25, 0.3) is 5.91 Å². The van der Waals surface area contributed by atoms with Gasteiger partial charge in [-0.25, -0.2) is 0 Å². The summed E-state index contributed by atoms with van der Waals surface area (Å²) in [5.41, 5.74) is 0.612. The lowest BCUT2D eigenvalue weighted by atomic mass is 10.2. The molecule has 1 aromatic heterocycles. The number of hydrogen-bond donors (Lipinski definition) is 2. The number of carbonyl (C=O) groups excluding carboxylic acids is 2. The van der Waals surface area contributed by atoms with Crippen molar-refractivity contribution in [1.29, 1.82) is 0 Å². The van der Waals surface area contributed by atoms with Crippen molar-refractivity contribution < 1.29 is 9.59 Å². The standard InChI is InChI=1S/C23H32ClN5O2S/c1-17(29-14-4-2-3-5-15-29)12-13-25-20(30)10-7-11-21-27-28-23(32-21)22(31)26-19-9-6-8-18(24)16-19/h6,8-9,16-17H,2-5,7,10-15H2,1H3,(H,25,30)(H,26,31). The second-order valence-electron chi connectivity index (χ2n) is 8.26. The molecule has 1 aromatic carbocycles. The highest BCUT2D eigenvalue weighted by Gasteiger charge is 2.16. The Morgan fingerprint density at radius 1 is 1.19 bits per heavy atom. The molecule has 2 aromatic rings. The third kappa shape index (κ3) is 8.15.